The summed E-state index contributed by atoms with van der Waals surface area (Å²) in [5.74, 6) is -0.226. The Morgan fingerprint density at radius 2 is 1.96 bits per heavy atom. The molecule has 0 bridgehead atoms. The fourth-order valence-corrected chi connectivity index (χ4v) is 3.96. The fourth-order valence-electron chi connectivity index (χ4n) is 3.79. The van der Waals surface area contributed by atoms with Gasteiger partial charge in [0.15, 0.2) is 0 Å². The van der Waals surface area contributed by atoms with E-state index in [1.165, 1.54) is 34.9 Å². The maximum atomic E-state index is 12.6. The lowest BCUT2D eigenvalue weighted by molar-refractivity contribution is -0.122. The Hall–Kier alpha value is -2.66. The van der Waals surface area contributed by atoms with Crippen LogP contribution in [0.2, 0.25) is 5.02 Å². The van der Waals surface area contributed by atoms with E-state index in [9.17, 15) is 9.59 Å². The number of hydrogen-bond donors (Lipinski definition) is 1. The molecular weight excluding hydrogens is 374 g/mol. The topological polar surface area (TPSA) is 64.0 Å². The van der Waals surface area contributed by atoms with E-state index in [0.717, 1.165) is 18.4 Å². The standard InChI is InChI=1S/C22H22ClN3O2/c1-14(16-7-6-15-4-2-3-5-17(15)10-16)25-21(27)12-26-13-24-20-9-8-18(23)11-19(20)22(26)28/h6-11,13-14H,2-5,12H2,1H3,(H,25,27)/t14-/m0/s1. The summed E-state index contributed by atoms with van der Waals surface area (Å²) in [7, 11) is 0. The van der Waals surface area contributed by atoms with E-state index < -0.39 is 0 Å². The number of rotatable bonds is 4. The Labute approximate surface area is 168 Å². The molecule has 28 heavy (non-hydrogen) atoms. The van der Waals surface area contributed by atoms with Crippen molar-refractivity contribution in [3.8, 4) is 0 Å². The molecule has 0 saturated carbocycles. The van der Waals surface area contributed by atoms with Crippen LogP contribution in [0.25, 0.3) is 10.9 Å². The highest BCUT2D eigenvalue weighted by atomic mass is 35.5. The summed E-state index contributed by atoms with van der Waals surface area (Å²) >= 11 is 5.98. The second kappa shape index (κ2) is 7.76. The lowest BCUT2D eigenvalue weighted by Crippen LogP contribution is -2.34. The van der Waals surface area contributed by atoms with Crippen molar-refractivity contribution in [3.63, 3.8) is 0 Å². The van der Waals surface area contributed by atoms with Crippen molar-refractivity contribution < 1.29 is 4.79 Å². The van der Waals surface area contributed by atoms with Gasteiger partial charge in [-0.15, -0.1) is 0 Å². The molecule has 2 aromatic carbocycles. The van der Waals surface area contributed by atoms with Crippen LogP contribution < -0.4 is 10.9 Å². The first kappa shape index (κ1) is 18.7. The minimum atomic E-state index is -0.274. The molecule has 1 aliphatic carbocycles. The Morgan fingerprint density at radius 1 is 1.18 bits per heavy atom. The van der Waals surface area contributed by atoms with Crippen molar-refractivity contribution in [1.29, 1.82) is 0 Å². The number of nitrogens with one attached hydrogen (secondary N) is 1. The van der Waals surface area contributed by atoms with Crippen LogP contribution in [0, 0.1) is 0 Å². The number of carbonyl (C=O) groups is 1. The number of aromatic nitrogens is 2. The largest absolute Gasteiger partial charge is 0.348 e. The number of amides is 1. The maximum absolute atomic E-state index is 12.6. The molecule has 0 spiro atoms. The molecular formula is C22H22ClN3O2. The van der Waals surface area contributed by atoms with Crippen LogP contribution in [-0.4, -0.2) is 15.5 Å². The zero-order valence-corrected chi connectivity index (χ0v) is 16.5. The minimum Gasteiger partial charge on any atom is -0.348 e. The van der Waals surface area contributed by atoms with Crippen molar-refractivity contribution in [2.24, 2.45) is 0 Å². The molecule has 5 nitrogen and oxygen atoms in total. The van der Waals surface area contributed by atoms with Gasteiger partial charge in [0.25, 0.3) is 5.56 Å². The number of carbonyl (C=O) groups excluding carboxylic acids is 1. The van der Waals surface area contributed by atoms with Crippen molar-refractivity contribution in [2.45, 2.75) is 45.2 Å². The highest BCUT2D eigenvalue weighted by Crippen LogP contribution is 2.24. The van der Waals surface area contributed by atoms with Gasteiger partial charge < -0.3 is 5.32 Å². The number of fused-ring (bicyclic) bond motifs is 2. The summed E-state index contributed by atoms with van der Waals surface area (Å²) < 4.78 is 1.31. The zero-order valence-electron chi connectivity index (χ0n) is 15.7. The monoisotopic (exact) mass is 395 g/mol. The number of hydrogen-bond acceptors (Lipinski definition) is 3. The lowest BCUT2D eigenvalue weighted by Gasteiger charge is -2.20. The Kier molecular flexibility index (Phi) is 5.18. The van der Waals surface area contributed by atoms with Gasteiger partial charge in [-0.25, -0.2) is 4.98 Å². The third-order valence-corrected chi connectivity index (χ3v) is 5.59. The summed E-state index contributed by atoms with van der Waals surface area (Å²) in [6.07, 6.45) is 6.11. The summed E-state index contributed by atoms with van der Waals surface area (Å²) in [5, 5.41) is 3.86. The molecule has 0 radical (unpaired) electrons. The van der Waals surface area contributed by atoms with Crippen LogP contribution in [0.15, 0.2) is 47.5 Å². The molecule has 1 aliphatic rings. The van der Waals surface area contributed by atoms with E-state index in [1.54, 1.807) is 18.2 Å². The van der Waals surface area contributed by atoms with E-state index in [2.05, 4.69) is 28.5 Å². The average molecular weight is 396 g/mol. The van der Waals surface area contributed by atoms with Gasteiger partial charge in [0.05, 0.1) is 23.3 Å². The first-order chi connectivity index (χ1) is 13.5. The Bertz CT molecular complexity index is 1110. The van der Waals surface area contributed by atoms with Crippen LogP contribution in [0.4, 0.5) is 0 Å². The van der Waals surface area contributed by atoms with Crippen molar-refractivity contribution in [3.05, 3.63) is 74.8 Å². The normalized spacial score (nSPS) is 14.5. The molecule has 1 heterocycles. The Morgan fingerprint density at radius 3 is 2.79 bits per heavy atom. The van der Waals surface area contributed by atoms with Crippen LogP contribution in [0.3, 0.4) is 0 Å². The van der Waals surface area contributed by atoms with Gasteiger partial charge in [0.2, 0.25) is 5.91 Å². The fraction of sp³-hybridized carbons (Fsp3) is 0.318. The van der Waals surface area contributed by atoms with E-state index in [1.807, 2.05) is 6.92 Å². The highest BCUT2D eigenvalue weighted by Gasteiger charge is 2.15. The summed E-state index contributed by atoms with van der Waals surface area (Å²) in [6, 6.07) is 11.3. The number of halogens is 1. The molecule has 1 aromatic heterocycles. The van der Waals surface area contributed by atoms with Gasteiger partial charge in [-0.05, 0) is 67.5 Å². The van der Waals surface area contributed by atoms with Crippen LogP contribution in [-0.2, 0) is 24.2 Å². The van der Waals surface area contributed by atoms with Crippen molar-refractivity contribution in [2.75, 3.05) is 0 Å². The second-order valence-corrected chi connectivity index (χ2v) is 7.80. The van der Waals surface area contributed by atoms with Crippen LogP contribution >= 0.6 is 11.6 Å². The second-order valence-electron chi connectivity index (χ2n) is 7.36. The molecule has 0 unspecified atom stereocenters. The average Bonchev–Trinajstić information content (AvgIpc) is 2.70. The quantitative estimate of drug-likeness (QED) is 0.730. The number of aryl methyl sites for hydroxylation is 2. The molecule has 6 heteroatoms. The maximum Gasteiger partial charge on any atom is 0.261 e. The first-order valence-electron chi connectivity index (χ1n) is 9.57. The summed E-state index contributed by atoms with van der Waals surface area (Å²) in [5.41, 5.74) is 4.18. The van der Waals surface area contributed by atoms with Gasteiger partial charge in [-0.3, -0.25) is 14.2 Å². The van der Waals surface area contributed by atoms with Gasteiger partial charge in [0.1, 0.15) is 6.54 Å². The first-order valence-corrected chi connectivity index (χ1v) is 9.95. The molecule has 0 saturated heterocycles. The molecule has 0 aliphatic heterocycles. The van der Waals surface area contributed by atoms with Gasteiger partial charge >= 0.3 is 0 Å². The van der Waals surface area contributed by atoms with Crippen LogP contribution in [0.5, 0.6) is 0 Å². The Balaban J connectivity index is 1.49. The minimum absolute atomic E-state index is 0.0798. The van der Waals surface area contributed by atoms with Gasteiger partial charge in [-0.2, -0.15) is 0 Å². The van der Waals surface area contributed by atoms with Crippen molar-refractivity contribution >= 4 is 28.4 Å². The van der Waals surface area contributed by atoms with E-state index in [0.29, 0.717) is 15.9 Å². The molecule has 1 N–H and O–H groups in total. The van der Waals surface area contributed by atoms with E-state index >= 15 is 0 Å². The smallest absolute Gasteiger partial charge is 0.261 e. The highest BCUT2D eigenvalue weighted by molar-refractivity contribution is 6.31. The van der Waals surface area contributed by atoms with Crippen LogP contribution in [0.1, 0.15) is 42.5 Å². The third kappa shape index (κ3) is 3.80. The van der Waals surface area contributed by atoms with E-state index in [4.69, 9.17) is 11.6 Å². The zero-order chi connectivity index (χ0) is 19.7. The van der Waals surface area contributed by atoms with Gasteiger partial charge in [-0.1, -0.05) is 29.8 Å². The molecule has 1 amide bonds. The number of benzene rings is 2. The molecule has 144 valence electrons. The SMILES string of the molecule is C[C@H](NC(=O)Cn1cnc2ccc(Cl)cc2c1=O)c1ccc2c(c1)CCCC2. The molecule has 1 atom stereocenters. The summed E-state index contributed by atoms with van der Waals surface area (Å²) in [4.78, 5) is 29.4. The van der Waals surface area contributed by atoms with E-state index in [-0.39, 0.29) is 24.1 Å². The molecule has 4 rings (SSSR count). The predicted molar refractivity (Wildman–Crippen MR) is 111 cm³/mol. The predicted octanol–water partition coefficient (Wildman–Crippen LogP) is 3.81. The van der Waals surface area contributed by atoms with Crippen molar-refractivity contribution in [1.82, 2.24) is 14.9 Å². The van der Waals surface area contributed by atoms with Gasteiger partial charge in [0, 0.05) is 5.02 Å². The molecule has 3 aromatic rings. The lowest BCUT2D eigenvalue weighted by atomic mass is 9.89. The molecule has 0 fully saturated rings. The number of nitrogens with zero attached hydrogens (tertiary/aromatic N) is 2. The third-order valence-electron chi connectivity index (χ3n) is 5.35. The summed E-state index contributed by atoms with van der Waals surface area (Å²) in [6.45, 7) is 1.88.